The quantitative estimate of drug-likeness (QED) is 0.694. The van der Waals surface area contributed by atoms with Crippen LogP contribution in [0, 0.1) is 0 Å². The van der Waals surface area contributed by atoms with Crippen molar-refractivity contribution in [2.45, 2.75) is 25.8 Å². The SMILES string of the molecule is CO[n+]1cccc(NC(=O)c2cnn3ccc(N4CCCC4C)nc23)n1. The highest BCUT2D eigenvalue weighted by atomic mass is 16.7. The van der Waals surface area contributed by atoms with Gasteiger partial charge in [0.05, 0.1) is 11.3 Å². The number of rotatable bonds is 4. The van der Waals surface area contributed by atoms with Crippen LogP contribution >= 0.6 is 0 Å². The third-order valence-electron chi connectivity index (χ3n) is 4.55. The van der Waals surface area contributed by atoms with E-state index in [0.717, 1.165) is 25.2 Å². The van der Waals surface area contributed by atoms with Crippen LogP contribution < -0.4 is 19.9 Å². The Morgan fingerprint density at radius 2 is 2.31 bits per heavy atom. The third kappa shape index (κ3) is 2.92. The molecule has 0 saturated carbocycles. The molecule has 3 aromatic heterocycles. The number of anilines is 2. The Balaban J connectivity index is 1.64. The zero-order valence-electron chi connectivity index (χ0n) is 14.7. The van der Waals surface area contributed by atoms with Gasteiger partial charge < -0.3 is 10.2 Å². The van der Waals surface area contributed by atoms with E-state index in [1.165, 1.54) is 18.2 Å². The van der Waals surface area contributed by atoms with Crippen LogP contribution in [0.15, 0.2) is 36.8 Å². The molecule has 0 spiro atoms. The lowest BCUT2D eigenvalue weighted by atomic mass is 10.2. The summed E-state index contributed by atoms with van der Waals surface area (Å²) < 4.78 is 1.60. The molecule has 9 nitrogen and oxygen atoms in total. The van der Waals surface area contributed by atoms with Gasteiger partial charge in [0.1, 0.15) is 16.2 Å². The summed E-state index contributed by atoms with van der Waals surface area (Å²) in [5.41, 5.74) is 0.919. The number of nitrogens with one attached hydrogen (secondary N) is 1. The fourth-order valence-electron chi connectivity index (χ4n) is 3.19. The Labute approximate surface area is 150 Å². The minimum absolute atomic E-state index is 0.319. The van der Waals surface area contributed by atoms with Crippen molar-refractivity contribution < 1.29 is 14.5 Å². The van der Waals surface area contributed by atoms with Gasteiger partial charge in [-0.3, -0.25) is 4.79 Å². The van der Waals surface area contributed by atoms with Gasteiger partial charge in [0, 0.05) is 24.8 Å². The van der Waals surface area contributed by atoms with Crippen molar-refractivity contribution >= 4 is 23.2 Å². The topological polar surface area (TPSA) is 88.5 Å². The van der Waals surface area contributed by atoms with E-state index in [1.54, 1.807) is 22.8 Å². The van der Waals surface area contributed by atoms with Crippen molar-refractivity contribution in [3.63, 3.8) is 0 Å². The third-order valence-corrected chi connectivity index (χ3v) is 4.55. The summed E-state index contributed by atoms with van der Waals surface area (Å²) in [7, 11) is 1.49. The molecule has 0 aromatic carbocycles. The first-order chi connectivity index (χ1) is 12.7. The van der Waals surface area contributed by atoms with Crippen molar-refractivity contribution in [3.8, 4) is 0 Å². The number of carbonyl (C=O) groups is 1. The second kappa shape index (κ2) is 6.58. The van der Waals surface area contributed by atoms with E-state index in [-0.39, 0.29) is 5.91 Å². The van der Waals surface area contributed by atoms with E-state index >= 15 is 0 Å². The van der Waals surface area contributed by atoms with Crippen molar-refractivity contribution in [1.82, 2.24) is 19.7 Å². The Morgan fingerprint density at radius 3 is 3.08 bits per heavy atom. The Morgan fingerprint density at radius 1 is 1.42 bits per heavy atom. The normalized spacial score (nSPS) is 16.8. The highest BCUT2D eigenvalue weighted by Crippen LogP contribution is 2.24. The molecule has 1 atom stereocenters. The number of amides is 1. The van der Waals surface area contributed by atoms with Crippen LogP contribution in [-0.4, -0.2) is 45.3 Å². The molecule has 3 aromatic rings. The Hall–Kier alpha value is -3.23. The molecule has 1 saturated heterocycles. The molecule has 1 aliphatic heterocycles. The van der Waals surface area contributed by atoms with E-state index in [9.17, 15) is 4.79 Å². The first-order valence-electron chi connectivity index (χ1n) is 8.51. The second-order valence-electron chi connectivity index (χ2n) is 6.23. The summed E-state index contributed by atoms with van der Waals surface area (Å²) in [6.45, 7) is 3.17. The lowest BCUT2D eigenvalue weighted by Crippen LogP contribution is -2.44. The summed E-state index contributed by atoms with van der Waals surface area (Å²) >= 11 is 0. The summed E-state index contributed by atoms with van der Waals surface area (Å²) in [5, 5.41) is 11.1. The van der Waals surface area contributed by atoms with Gasteiger partial charge in [-0.15, -0.1) is 0 Å². The summed E-state index contributed by atoms with van der Waals surface area (Å²) in [5.74, 6) is 0.926. The van der Waals surface area contributed by atoms with E-state index in [2.05, 4.69) is 32.3 Å². The number of hydrogen-bond donors (Lipinski definition) is 1. The smallest absolute Gasteiger partial charge is 0.262 e. The van der Waals surface area contributed by atoms with Crippen molar-refractivity contribution in [2.75, 3.05) is 23.9 Å². The van der Waals surface area contributed by atoms with Gasteiger partial charge >= 0.3 is 0 Å². The fourth-order valence-corrected chi connectivity index (χ4v) is 3.19. The summed E-state index contributed by atoms with van der Waals surface area (Å²) in [6, 6.07) is 5.80. The first-order valence-corrected chi connectivity index (χ1v) is 8.51. The molecule has 9 heteroatoms. The molecule has 0 bridgehead atoms. The average Bonchev–Trinajstić information content (AvgIpc) is 3.27. The zero-order valence-corrected chi connectivity index (χ0v) is 14.7. The van der Waals surface area contributed by atoms with Crippen LogP contribution in [0.4, 0.5) is 11.6 Å². The minimum atomic E-state index is -0.319. The van der Waals surface area contributed by atoms with Gasteiger partial charge in [-0.05, 0) is 31.9 Å². The highest BCUT2D eigenvalue weighted by molar-refractivity contribution is 6.07. The Bertz CT molecular complexity index is 955. The molecule has 134 valence electrons. The van der Waals surface area contributed by atoms with Crippen molar-refractivity contribution in [2.24, 2.45) is 0 Å². The number of hydrogen-bond acceptors (Lipinski definition) is 6. The minimum Gasteiger partial charge on any atom is -0.354 e. The average molecular weight is 354 g/mol. The van der Waals surface area contributed by atoms with E-state index < -0.39 is 0 Å². The fraction of sp³-hybridized carbons (Fsp3) is 0.353. The maximum absolute atomic E-state index is 12.7. The number of fused-ring (bicyclic) bond motifs is 1. The second-order valence-corrected chi connectivity index (χ2v) is 6.23. The maximum Gasteiger partial charge on any atom is 0.262 e. The maximum atomic E-state index is 12.7. The van der Waals surface area contributed by atoms with Crippen LogP contribution in [0.3, 0.4) is 0 Å². The first kappa shape index (κ1) is 16.2. The van der Waals surface area contributed by atoms with Gasteiger partial charge in [-0.1, -0.05) is 0 Å². The van der Waals surface area contributed by atoms with E-state index in [1.807, 2.05) is 12.3 Å². The lowest BCUT2D eigenvalue weighted by Gasteiger charge is -2.22. The predicted molar refractivity (Wildman–Crippen MR) is 93.9 cm³/mol. The van der Waals surface area contributed by atoms with Gasteiger partial charge in [0.25, 0.3) is 12.1 Å². The van der Waals surface area contributed by atoms with E-state index in [0.29, 0.717) is 23.1 Å². The molecular weight excluding hydrogens is 334 g/mol. The van der Waals surface area contributed by atoms with Gasteiger partial charge in [-0.25, -0.2) is 14.3 Å². The van der Waals surface area contributed by atoms with Crippen molar-refractivity contribution in [1.29, 1.82) is 0 Å². The molecule has 1 amide bonds. The van der Waals surface area contributed by atoms with Gasteiger partial charge in [0.15, 0.2) is 12.8 Å². The molecule has 1 unspecified atom stereocenters. The predicted octanol–water partition coefficient (Wildman–Crippen LogP) is 0.711. The molecule has 0 aliphatic carbocycles. The van der Waals surface area contributed by atoms with Gasteiger partial charge in [-0.2, -0.15) is 5.10 Å². The summed E-state index contributed by atoms with van der Waals surface area (Å²) in [4.78, 5) is 25.9. The molecule has 4 heterocycles. The molecule has 1 fully saturated rings. The molecule has 26 heavy (non-hydrogen) atoms. The molecule has 1 N–H and O–H groups in total. The Kier molecular flexibility index (Phi) is 4.11. The molecule has 1 aliphatic rings. The van der Waals surface area contributed by atoms with Crippen molar-refractivity contribution in [3.05, 3.63) is 42.4 Å². The van der Waals surface area contributed by atoms with E-state index in [4.69, 9.17) is 4.84 Å². The van der Waals surface area contributed by atoms with Crippen LogP contribution in [0.2, 0.25) is 0 Å². The summed E-state index contributed by atoms with van der Waals surface area (Å²) in [6.07, 6.45) is 7.29. The number of nitrogens with zero attached hydrogens (tertiary/aromatic N) is 6. The monoisotopic (exact) mass is 354 g/mol. The number of carbonyl (C=O) groups excluding carboxylic acids is 1. The molecule has 4 rings (SSSR count). The molecular formula is C17H20N7O2+. The lowest BCUT2D eigenvalue weighted by molar-refractivity contribution is -0.929. The zero-order chi connectivity index (χ0) is 18.1. The standard InChI is InChI=1S/C17H19N7O2/c1-12-5-3-8-22(12)15-7-10-23-16(20-15)13(11-18-23)17(25)19-14-6-4-9-24(21-14)26-2/h4,6-7,9-12H,3,5,8H2,1-2H3/p+1. The van der Waals surface area contributed by atoms with Crippen LogP contribution in [0.25, 0.3) is 5.65 Å². The van der Waals surface area contributed by atoms with Gasteiger partial charge in [0.2, 0.25) is 5.82 Å². The largest absolute Gasteiger partial charge is 0.354 e. The highest BCUT2D eigenvalue weighted by Gasteiger charge is 2.23. The van der Waals surface area contributed by atoms with Crippen LogP contribution in [0.5, 0.6) is 0 Å². The molecule has 0 radical (unpaired) electrons. The van der Waals surface area contributed by atoms with Crippen LogP contribution in [0.1, 0.15) is 30.1 Å². The van der Waals surface area contributed by atoms with Crippen LogP contribution in [-0.2, 0) is 0 Å². The number of aromatic nitrogens is 5.